The molecule has 2 heterocycles. The Morgan fingerprint density at radius 1 is 1.10 bits per heavy atom. The van der Waals surface area contributed by atoms with Crippen LogP contribution >= 0.6 is 11.6 Å². The Kier molecular flexibility index (Phi) is 3.16. The minimum atomic E-state index is -0.00647. The third-order valence-corrected chi connectivity index (χ3v) is 4.97. The predicted molar refractivity (Wildman–Crippen MR) is 85.8 cm³/mol. The highest BCUT2D eigenvalue weighted by atomic mass is 35.5. The first-order chi connectivity index (χ1) is 10.2. The van der Waals surface area contributed by atoms with Gasteiger partial charge in [0.15, 0.2) is 0 Å². The Morgan fingerprint density at radius 2 is 1.90 bits per heavy atom. The molecule has 0 amide bonds. The SMILES string of the molecule is CC1CC(C(Cl)c2ccc3oc4ccccc4c3c2)CO1. The fourth-order valence-electron chi connectivity index (χ4n) is 3.24. The van der Waals surface area contributed by atoms with Crippen molar-refractivity contribution in [2.75, 3.05) is 6.61 Å². The fraction of sp³-hybridized carbons (Fsp3) is 0.333. The molecule has 1 fully saturated rings. The molecular formula is C18H17ClO2. The molecule has 3 atom stereocenters. The molecule has 4 rings (SSSR count). The summed E-state index contributed by atoms with van der Waals surface area (Å²) in [5.74, 6) is 0.386. The third kappa shape index (κ3) is 2.23. The summed E-state index contributed by atoms with van der Waals surface area (Å²) in [6.07, 6.45) is 1.34. The van der Waals surface area contributed by atoms with Crippen LogP contribution in [0.25, 0.3) is 21.9 Å². The number of hydrogen-bond acceptors (Lipinski definition) is 2. The number of furan rings is 1. The van der Waals surface area contributed by atoms with Gasteiger partial charge in [0.05, 0.1) is 18.1 Å². The van der Waals surface area contributed by atoms with Gasteiger partial charge in [-0.15, -0.1) is 11.6 Å². The minimum absolute atomic E-state index is 0.00647. The molecule has 3 aromatic rings. The van der Waals surface area contributed by atoms with E-state index in [2.05, 4.69) is 25.1 Å². The lowest BCUT2D eigenvalue weighted by atomic mass is 9.95. The van der Waals surface area contributed by atoms with Gasteiger partial charge >= 0.3 is 0 Å². The van der Waals surface area contributed by atoms with E-state index in [9.17, 15) is 0 Å². The van der Waals surface area contributed by atoms with Crippen LogP contribution in [0.3, 0.4) is 0 Å². The molecule has 0 bridgehead atoms. The number of ether oxygens (including phenoxy) is 1. The second-order valence-corrected chi connectivity index (χ2v) is 6.37. The molecule has 2 aromatic carbocycles. The molecule has 0 saturated carbocycles. The summed E-state index contributed by atoms with van der Waals surface area (Å²) in [5.41, 5.74) is 2.99. The Hall–Kier alpha value is -1.51. The molecule has 0 aliphatic carbocycles. The lowest BCUT2D eigenvalue weighted by Crippen LogP contribution is -2.07. The van der Waals surface area contributed by atoms with E-state index in [-0.39, 0.29) is 5.38 Å². The molecule has 1 aliphatic heterocycles. The zero-order valence-corrected chi connectivity index (χ0v) is 12.6. The second-order valence-electron chi connectivity index (χ2n) is 5.90. The van der Waals surface area contributed by atoms with Gasteiger partial charge in [-0.05, 0) is 37.1 Å². The van der Waals surface area contributed by atoms with Crippen LogP contribution in [-0.2, 0) is 4.74 Å². The van der Waals surface area contributed by atoms with Gasteiger partial charge in [0.2, 0.25) is 0 Å². The van der Waals surface area contributed by atoms with Gasteiger partial charge in [-0.25, -0.2) is 0 Å². The number of halogens is 1. The van der Waals surface area contributed by atoms with Crippen LogP contribution in [0.4, 0.5) is 0 Å². The average molecular weight is 301 g/mol. The van der Waals surface area contributed by atoms with Gasteiger partial charge in [-0.3, -0.25) is 0 Å². The van der Waals surface area contributed by atoms with Gasteiger partial charge in [-0.1, -0.05) is 24.3 Å². The van der Waals surface area contributed by atoms with Crippen LogP contribution in [0.15, 0.2) is 46.9 Å². The monoisotopic (exact) mass is 300 g/mol. The standard InChI is InChI=1S/C18H17ClO2/c1-11-8-13(10-20-11)18(19)12-6-7-17-15(9-12)14-4-2-3-5-16(14)21-17/h2-7,9,11,13,18H,8,10H2,1H3. The first kappa shape index (κ1) is 13.2. The molecule has 1 saturated heterocycles. The summed E-state index contributed by atoms with van der Waals surface area (Å²) < 4.78 is 11.5. The van der Waals surface area contributed by atoms with Gasteiger partial charge in [0.25, 0.3) is 0 Å². The first-order valence-corrected chi connectivity index (χ1v) is 7.83. The lowest BCUT2D eigenvalue weighted by molar-refractivity contribution is 0.120. The van der Waals surface area contributed by atoms with Crippen LogP contribution in [0, 0.1) is 5.92 Å². The topological polar surface area (TPSA) is 22.4 Å². The van der Waals surface area contributed by atoms with Gasteiger partial charge in [0, 0.05) is 16.7 Å². The van der Waals surface area contributed by atoms with Gasteiger partial charge in [0.1, 0.15) is 11.2 Å². The van der Waals surface area contributed by atoms with Crippen LogP contribution in [-0.4, -0.2) is 12.7 Å². The Balaban J connectivity index is 1.77. The predicted octanol–water partition coefficient (Wildman–Crippen LogP) is 5.29. The normalized spacial score (nSPS) is 23.9. The number of para-hydroxylation sites is 1. The Labute approximate surface area is 128 Å². The molecular weight excluding hydrogens is 284 g/mol. The maximum atomic E-state index is 6.69. The Morgan fingerprint density at radius 3 is 2.71 bits per heavy atom. The fourth-order valence-corrected chi connectivity index (χ4v) is 3.55. The Bertz CT molecular complexity index is 792. The molecule has 0 radical (unpaired) electrons. The second kappa shape index (κ2) is 5.04. The molecule has 3 unspecified atom stereocenters. The van der Waals surface area contributed by atoms with Crippen molar-refractivity contribution in [3.8, 4) is 0 Å². The molecule has 0 N–H and O–H groups in total. The van der Waals surface area contributed by atoms with Crippen LogP contribution in [0.2, 0.25) is 0 Å². The zero-order chi connectivity index (χ0) is 14.4. The number of rotatable bonds is 2. The van der Waals surface area contributed by atoms with E-state index in [1.54, 1.807) is 0 Å². The zero-order valence-electron chi connectivity index (χ0n) is 11.9. The molecule has 2 nitrogen and oxygen atoms in total. The van der Waals surface area contributed by atoms with E-state index in [0.29, 0.717) is 12.0 Å². The van der Waals surface area contributed by atoms with Crippen molar-refractivity contribution >= 4 is 33.5 Å². The largest absolute Gasteiger partial charge is 0.456 e. The number of fused-ring (bicyclic) bond motifs is 3. The van der Waals surface area contributed by atoms with Gasteiger partial charge in [-0.2, -0.15) is 0 Å². The maximum absolute atomic E-state index is 6.69. The van der Waals surface area contributed by atoms with Crippen molar-refractivity contribution in [1.82, 2.24) is 0 Å². The summed E-state index contributed by atoms with van der Waals surface area (Å²) in [4.78, 5) is 0. The summed E-state index contributed by atoms with van der Waals surface area (Å²) >= 11 is 6.69. The van der Waals surface area contributed by atoms with Crippen LogP contribution < -0.4 is 0 Å². The van der Waals surface area contributed by atoms with E-state index in [0.717, 1.165) is 40.5 Å². The molecule has 0 spiro atoms. The number of alkyl halides is 1. The molecule has 3 heteroatoms. The van der Waals surface area contributed by atoms with Crippen molar-refractivity contribution in [2.45, 2.75) is 24.8 Å². The van der Waals surface area contributed by atoms with Crippen molar-refractivity contribution in [1.29, 1.82) is 0 Å². The number of hydrogen-bond donors (Lipinski definition) is 0. The highest BCUT2D eigenvalue weighted by Crippen LogP contribution is 2.39. The van der Waals surface area contributed by atoms with Crippen LogP contribution in [0.5, 0.6) is 0 Å². The van der Waals surface area contributed by atoms with E-state index in [1.165, 1.54) is 0 Å². The summed E-state index contributed by atoms with van der Waals surface area (Å²) in [6, 6.07) is 14.4. The van der Waals surface area contributed by atoms with Crippen molar-refractivity contribution < 1.29 is 9.15 Å². The number of benzene rings is 2. The minimum Gasteiger partial charge on any atom is -0.456 e. The molecule has 21 heavy (non-hydrogen) atoms. The highest BCUT2D eigenvalue weighted by Gasteiger charge is 2.29. The van der Waals surface area contributed by atoms with E-state index >= 15 is 0 Å². The van der Waals surface area contributed by atoms with Crippen molar-refractivity contribution in [3.05, 3.63) is 48.0 Å². The van der Waals surface area contributed by atoms with E-state index in [1.807, 2.05) is 24.3 Å². The maximum Gasteiger partial charge on any atom is 0.135 e. The molecule has 108 valence electrons. The van der Waals surface area contributed by atoms with E-state index in [4.69, 9.17) is 20.8 Å². The first-order valence-electron chi connectivity index (χ1n) is 7.39. The highest BCUT2D eigenvalue weighted by molar-refractivity contribution is 6.21. The van der Waals surface area contributed by atoms with Crippen molar-refractivity contribution in [3.63, 3.8) is 0 Å². The lowest BCUT2D eigenvalue weighted by Gasteiger charge is -2.15. The summed E-state index contributed by atoms with van der Waals surface area (Å²) in [6.45, 7) is 2.86. The quantitative estimate of drug-likeness (QED) is 0.600. The summed E-state index contributed by atoms with van der Waals surface area (Å²) in [7, 11) is 0. The van der Waals surface area contributed by atoms with Crippen molar-refractivity contribution in [2.24, 2.45) is 5.92 Å². The smallest absolute Gasteiger partial charge is 0.135 e. The average Bonchev–Trinajstić information content (AvgIpc) is 3.09. The van der Waals surface area contributed by atoms with Crippen LogP contribution in [0.1, 0.15) is 24.3 Å². The molecule has 1 aromatic heterocycles. The summed E-state index contributed by atoms with van der Waals surface area (Å²) in [5, 5.41) is 2.28. The third-order valence-electron chi connectivity index (χ3n) is 4.36. The molecule has 1 aliphatic rings. The van der Waals surface area contributed by atoms with Gasteiger partial charge < -0.3 is 9.15 Å². The van der Waals surface area contributed by atoms with E-state index < -0.39 is 0 Å².